The number of hydrogen-bond acceptors (Lipinski definition) is 2. The van der Waals surface area contributed by atoms with Crippen molar-refractivity contribution in [2.75, 3.05) is 6.61 Å². The van der Waals surface area contributed by atoms with E-state index in [0.717, 1.165) is 6.42 Å². The molecule has 4 heteroatoms. The van der Waals surface area contributed by atoms with Crippen LogP contribution in [-0.4, -0.2) is 12.6 Å². The Kier molecular flexibility index (Phi) is 4.74. The summed E-state index contributed by atoms with van der Waals surface area (Å²) in [6.45, 7) is 4.34. The average molecular weight is 245 g/mol. The minimum Gasteiger partial charge on any atom is -0.462 e. The lowest BCUT2D eigenvalue weighted by Crippen LogP contribution is -2.10. The van der Waals surface area contributed by atoms with Gasteiger partial charge in [0.25, 0.3) is 0 Å². The Morgan fingerprint density at radius 1 is 1.50 bits per heavy atom. The highest BCUT2D eigenvalue weighted by atomic mass is 35.5. The van der Waals surface area contributed by atoms with Gasteiger partial charge >= 0.3 is 5.97 Å². The standard InChI is InChI=1S/C12H14ClFO2/c1-8(2)6-7-16-12(15)9-4-3-5-10(13)11(9)14/h3-5,8H,6-7H2,1-2H3. The Labute approximate surface area is 99.4 Å². The Hall–Kier alpha value is -1.09. The molecule has 16 heavy (non-hydrogen) atoms. The van der Waals surface area contributed by atoms with Crippen LogP contribution in [0, 0.1) is 11.7 Å². The normalized spacial score (nSPS) is 10.6. The molecule has 0 aliphatic rings. The molecule has 2 nitrogen and oxygen atoms in total. The van der Waals surface area contributed by atoms with Crippen molar-refractivity contribution in [1.29, 1.82) is 0 Å². The molecule has 0 saturated heterocycles. The van der Waals surface area contributed by atoms with E-state index in [0.29, 0.717) is 12.5 Å². The lowest BCUT2D eigenvalue weighted by atomic mass is 10.1. The van der Waals surface area contributed by atoms with Gasteiger partial charge in [-0.25, -0.2) is 9.18 Å². The first-order chi connectivity index (χ1) is 7.52. The molecule has 0 spiro atoms. The third-order valence-corrected chi connectivity index (χ3v) is 2.39. The number of ether oxygens (including phenoxy) is 1. The Balaban J connectivity index is 2.63. The summed E-state index contributed by atoms with van der Waals surface area (Å²) in [5.41, 5.74) is -0.115. The van der Waals surface area contributed by atoms with E-state index in [1.54, 1.807) is 0 Å². The Morgan fingerprint density at radius 2 is 2.19 bits per heavy atom. The van der Waals surface area contributed by atoms with Crippen molar-refractivity contribution in [3.05, 3.63) is 34.6 Å². The summed E-state index contributed by atoms with van der Waals surface area (Å²) in [7, 11) is 0. The van der Waals surface area contributed by atoms with Crippen molar-refractivity contribution >= 4 is 17.6 Å². The van der Waals surface area contributed by atoms with Crippen LogP contribution in [-0.2, 0) is 4.74 Å². The fraction of sp³-hybridized carbons (Fsp3) is 0.417. The molecule has 0 aliphatic carbocycles. The molecule has 0 aliphatic heterocycles. The number of halogens is 2. The molecule has 1 rings (SSSR count). The second kappa shape index (κ2) is 5.85. The molecule has 1 aromatic carbocycles. The molecule has 0 atom stereocenters. The third kappa shape index (κ3) is 3.49. The smallest absolute Gasteiger partial charge is 0.341 e. The lowest BCUT2D eigenvalue weighted by Gasteiger charge is -2.07. The lowest BCUT2D eigenvalue weighted by molar-refractivity contribution is 0.0483. The highest BCUT2D eigenvalue weighted by Crippen LogP contribution is 2.18. The van der Waals surface area contributed by atoms with Gasteiger partial charge in [-0.1, -0.05) is 31.5 Å². The SMILES string of the molecule is CC(C)CCOC(=O)c1cccc(Cl)c1F. The summed E-state index contributed by atoms with van der Waals surface area (Å²) in [6.07, 6.45) is 0.758. The van der Waals surface area contributed by atoms with Crippen LogP contribution in [0.1, 0.15) is 30.6 Å². The number of benzene rings is 1. The van der Waals surface area contributed by atoms with Crippen LogP contribution >= 0.6 is 11.6 Å². The van der Waals surface area contributed by atoms with Crippen molar-refractivity contribution in [2.24, 2.45) is 5.92 Å². The summed E-state index contributed by atoms with van der Waals surface area (Å²) >= 11 is 5.56. The van der Waals surface area contributed by atoms with Crippen molar-refractivity contribution < 1.29 is 13.9 Å². The van der Waals surface area contributed by atoms with Crippen molar-refractivity contribution in [1.82, 2.24) is 0 Å². The summed E-state index contributed by atoms with van der Waals surface area (Å²) in [5, 5.41) is -0.0710. The molecule has 0 amide bonds. The number of hydrogen-bond donors (Lipinski definition) is 0. The molecule has 0 saturated carbocycles. The maximum absolute atomic E-state index is 13.4. The number of carbonyl (C=O) groups excluding carboxylic acids is 1. The molecule has 0 aromatic heterocycles. The quantitative estimate of drug-likeness (QED) is 0.756. The molecule has 88 valence electrons. The predicted molar refractivity (Wildman–Crippen MR) is 61.1 cm³/mol. The molecular weight excluding hydrogens is 231 g/mol. The van der Waals surface area contributed by atoms with Gasteiger partial charge in [-0.15, -0.1) is 0 Å². The number of esters is 1. The predicted octanol–water partition coefficient (Wildman–Crippen LogP) is 3.68. The van der Waals surface area contributed by atoms with Gasteiger partial charge < -0.3 is 4.74 Å². The van der Waals surface area contributed by atoms with E-state index in [1.807, 2.05) is 13.8 Å². The van der Waals surface area contributed by atoms with Crippen LogP contribution in [0.4, 0.5) is 4.39 Å². The molecule has 0 unspecified atom stereocenters. The average Bonchev–Trinajstić information content (AvgIpc) is 2.21. The van der Waals surface area contributed by atoms with Crippen LogP contribution < -0.4 is 0 Å². The van der Waals surface area contributed by atoms with Gasteiger partial charge in [0.1, 0.15) is 0 Å². The van der Waals surface area contributed by atoms with Crippen molar-refractivity contribution in [3.8, 4) is 0 Å². The molecule has 0 heterocycles. The van der Waals surface area contributed by atoms with E-state index in [1.165, 1.54) is 18.2 Å². The molecule has 1 aromatic rings. The Morgan fingerprint density at radius 3 is 2.81 bits per heavy atom. The Bertz CT molecular complexity index is 377. The largest absolute Gasteiger partial charge is 0.462 e. The van der Waals surface area contributed by atoms with E-state index in [4.69, 9.17) is 16.3 Å². The molecule has 0 N–H and O–H groups in total. The highest BCUT2D eigenvalue weighted by molar-refractivity contribution is 6.31. The molecular formula is C12H14ClFO2. The van der Waals surface area contributed by atoms with Gasteiger partial charge in [-0.2, -0.15) is 0 Å². The van der Waals surface area contributed by atoms with E-state index in [-0.39, 0.29) is 10.6 Å². The van der Waals surface area contributed by atoms with Crippen LogP contribution in [0.15, 0.2) is 18.2 Å². The monoisotopic (exact) mass is 244 g/mol. The summed E-state index contributed by atoms with van der Waals surface area (Å²) in [6, 6.07) is 4.27. The van der Waals surface area contributed by atoms with Crippen LogP contribution in [0.25, 0.3) is 0 Å². The molecule has 0 bridgehead atoms. The van der Waals surface area contributed by atoms with Crippen molar-refractivity contribution in [2.45, 2.75) is 20.3 Å². The van der Waals surface area contributed by atoms with Crippen molar-refractivity contribution in [3.63, 3.8) is 0 Å². The minimum atomic E-state index is -0.723. The van der Waals surface area contributed by atoms with Gasteiger partial charge in [-0.3, -0.25) is 0 Å². The second-order valence-electron chi connectivity index (χ2n) is 3.92. The van der Waals surface area contributed by atoms with Gasteiger partial charge in [0.15, 0.2) is 5.82 Å². The first kappa shape index (κ1) is 13.0. The summed E-state index contributed by atoms with van der Waals surface area (Å²) in [5.74, 6) is -0.948. The fourth-order valence-corrected chi connectivity index (χ4v) is 1.30. The summed E-state index contributed by atoms with van der Waals surface area (Å²) in [4.78, 5) is 11.5. The first-order valence-electron chi connectivity index (χ1n) is 5.13. The van der Waals surface area contributed by atoms with Gasteiger partial charge in [0, 0.05) is 0 Å². The molecule has 0 radical (unpaired) electrons. The summed E-state index contributed by atoms with van der Waals surface area (Å²) < 4.78 is 18.3. The maximum Gasteiger partial charge on any atom is 0.341 e. The van der Waals surface area contributed by atoms with Crippen LogP contribution in [0.2, 0.25) is 5.02 Å². The van der Waals surface area contributed by atoms with Gasteiger partial charge in [0.05, 0.1) is 17.2 Å². The maximum atomic E-state index is 13.4. The zero-order valence-corrected chi connectivity index (χ0v) is 10.1. The molecule has 0 fully saturated rings. The second-order valence-corrected chi connectivity index (χ2v) is 4.33. The number of rotatable bonds is 4. The van der Waals surface area contributed by atoms with Crippen LogP contribution in [0.5, 0.6) is 0 Å². The zero-order chi connectivity index (χ0) is 12.1. The zero-order valence-electron chi connectivity index (χ0n) is 9.30. The van der Waals surface area contributed by atoms with E-state index in [9.17, 15) is 9.18 Å². The van der Waals surface area contributed by atoms with Gasteiger partial charge in [-0.05, 0) is 24.5 Å². The van der Waals surface area contributed by atoms with E-state index >= 15 is 0 Å². The van der Waals surface area contributed by atoms with E-state index in [2.05, 4.69) is 0 Å². The van der Waals surface area contributed by atoms with Crippen LogP contribution in [0.3, 0.4) is 0 Å². The van der Waals surface area contributed by atoms with E-state index < -0.39 is 11.8 Å². The van der Waals surface area contributed by atoms with Gasteiger partial charge in [0.2, 0.25) is 0 Å². The number of carbonyl (C=O) groups is 1. The first-order valence-corrected chi connectivity index (χ1v) is 5.51. The minimum absolute atomic E-state index is 0.0710. The topological polar surface area (TPSA) is 26.3 Å². The highest BCUT2D eigenvalue weighted by Gasteiger charge is 2.15. The fourth-order valence-electron chi connectivity index (χ4n) is 1.13. The third-order valence-electron chi connectivity index (χ3n) is 2.10.